The van der Waals surface area contributed by atoms with Crippen LogP contribution in [-0.4, -0.2) is 12.6 Å². The first-order valence-corrected chi connectivity index (χ1v) is 6.85. The van der Waals surface area contributed by atoms with Crippen molar-refractivity contribution in [1.29, 1.82) is 0 Å². The third-order valence-electron chi connectivity index (χ3n) is 2.59. The van der Waals surface area contributed by atoms with Crippen LogP contribution in [0.4, 0.5) is 10.1 Å². The van der Waals surface area contributed by atoms with E-state index in [4.69, 9.17) is 4.74 Å². The maximum Gasteiger partial charge on any atom is 0.165 e. The van der Waals surface area contributed by atoms with E-state index in [0.717, 1.165) is 10.2 Å². The molecule has 0 spiro atoms. The molecular weight excluding hydrogens is 309 g/mol. The maximum atomic E-state index is 13.5. The fourth-order valence-corrected chi connectivity index (χ4v) is 1.98. The molecule has 2 nitrogen and oxygen atoms in total. The van der Waals surface area contributed by atoms with Gasteiger partial charge in [0, 0.05) is 10.2 Å². The molecule has 100 valence electrons. The van der Waals surface area contributed by atoms with Crippen molar-refractivity contribution < 1.29 is 9.13 Å². The van der Waals surface area contributed by atoms with E-state index in [-0.39, 0.29) is 17.7 Å². The minimum Gasteiger partial charge on any atom is -0.486 e. The standard InChI is InChI=1S/C15H15BrFNO/c1-11(10-18-13-5-3-2-4-6-13)19-15-9-12(16)7-8-14(15)17/h2-9,11,18H,10H2,1H3. The second-order valence-corrected chi connectivity index (χ2v) is 5.17. The summed E-state index contributed by atoms with van der Waals surface area (Å²) in [5.74, 6) is -0.0912. The summed E-state index contributed by atoms with van der Waals surface area (Å²) in [6, 6.07) is 14.5. The van der Waals surface area contributed by atoms with Gasteiger partial charge in [-0.1, -0.05) is 34.1 Å². The van der Waals surface area contributed by atoms with Crippen molar-refractivity contribution in [2.75, 3.05) is 11.9 Å². The van der Waals surface area contributed by atoms with Crippen molar-refractivity contribution in [2.24, 2.45) is 0 Å². The summed E-state index contributed by atoms with van der Waals surface area (Å²) in [5.41, 5.74) is 1.02. The predicted molar refractivity (Wildman–Crippen MR) is 79.1 cm³/mol. The van der Waals surface area contributed by atoms with Gasteiger partial charge in [0.1, 0.15) is 6.10 Å². The first kappa shape index (κ1) is 13.9. The second-order valence-electron chi connectivity index (χ2n) is 4.25. The van der Waals surface area contributed by atoms with Crippen LogP contribution in [-0.2, 0) is 0 Å². The Morgan fingerprint density at radius 3 is 2.68 bits per heavy atom. The molecule has 0 bridgehead atoms. The lowest BCUT2D eigenvalue weighted by Gasteiger charge is -2.16. The minimum absolute atomic E-state index is 0.135. The van der Waals surface area contributed by atoms with Crippen LogP contribution < -0.4 is 10.1 Å². The number of rotatable bonds is 5. The summed E-state index contributed by atoms with van der Waals surface area (Å²) in [4.78, 5) is 0. The van der Waals surface area contributed by atoms with Crippen LogP contribution >= 0.6 is 15.9 Å². The molecule has 0 aliphatic heterocycles. The highest BCUT2D eigenvalue weighted by Gasteiger charge is 2.09. The maximum absolute atomic E-state index is 13.5. The van der Waals surface area contributed by atoms with Crippen LogP contribution in [0.3, 0.4) is 0 Å². The van der Waals surface area contributed by atoms with Crippen molar-refractivity contribution in [1.82, 2.24) is 0 Å². The largest absolute Gasteiger partial charge is 0.486 e. The highest BCUT2D eigenvalue weighted by molar-refractivity contribution is 9.10. The summed E-state index contributed by atoms with van der Waals surface area (Å²) in [5, 5.41) is 3.24. The molecular formula is C15H15BrFNO. The van der Waals surface area contributed by atoms with Crippen LogP contribution in [0.5, 0.6) is 5.75 Å². The van der Waals surface area contributed by atoms with Gasteiger partial charge in [0.25, 0.3) is 0 Å². The molecule has 1 unspecified atom stereocenters. The Hall–Kier alpha value is -1.55. The summed E-state index contributed by atoms with van der Waals surface area (Å²) in [7, 11) is 0. The van der Waals surface area contributed by atoms with Crippen molar-refractivity contribution in [2.45, 2.75) is 13.0 Å². The number of halogens is 2. The van der Waals surface area contributed by atoms with Gasteiger partial charge < -0.3 is 10.1 Å². The third kappa shape index (κ3) is 4.24. The summed E-state index contributed by atoms with van der Waals surface area (Å²) >= 11 is 3.30. The van der Waals surface area contributed by atoms with Crippen LogP contribution in [0.25, 0.3) is 0 Å². The van der Waals surface area contributed by atoms with Gasteiger partial charge in [-0.3, -0.25) is 0 Å². The molecule has 2 aromatic rings. The molecule has 0 saturated heterocycles. The highest BCUT2D eigenvalue weighted by atomic mass is 79.9. The Morgan fingerprint density at radius 1 is 1.21 bits per heavy atom. The topological polar surface area (TPSA) is 21.3 Å². The number of hydrogen-bond donors (Lipinski definition) is 1. The Balaban J connectivity index is 1.90. The van der Waals surface area contributed by atoms with E-state index in [1.54, 1.807) is 12.1 Å². The van der Waals surface area contributed by atoms with Crippen LogP contribution in [0, 0.1) is 5.82 Å². The lowest BCUT2D eigenvalue weighted by molar-refractivity contribution is 0.224. The fourth-order valence-electron chi connectivity index (χ4n) is 1.64. The lowest BCUT2D eigenvalue weighted by Crippen LogP contribution is -2.23. The Bertz CT molecular complexity index is 533. The molecule has 2 rings (SSSR count). The zero-order valence-corrected chi connectivity index (χ0v) is 12.2. The van der Waals surface area contributed by atoms with Gasteiger partial charge >= 0.3 is 0 Å². The number of hydrogen-bond acceptors (Lipinski definition) is 2. The average molecular weight is 324 g/mol. The van der Waals surface area contributed by atoms with E-state index < -0.39 is 0 Å². The molecule has 0 aliphatic carbocycles. The number of ether oxygens (including phenoxy) is 1. The number of anilines is 1. The van der Waals surface area contributed by atoms with Crippen molar-refractivity contribution in [3.05, 3.63) is 58.8 Å². The molecule has 19 heavy (non-hydrogen) atoms. The average Bonchev–Trinajstić information content (AvgIpc) is 2.42. The Morgan fingerprint density at radius 2 is 1.95 bits per heavy atom. The summed E-state index contributed by atoms with van der Waals surface area (Å²) in [6.45, 7) is 2.51. The third-order valence-corrected chi connectivity index (χ3v) is 3.08. The summed E-state index contributed by atoms with van der Waals surface area (Å²) < 4.78 is 19.9. The van der Waals surface area contributed by atoms with Gasteiger partial charge in [-0.05, 0) is 37.3 Å². The molecule has 0 aromatic heterocycles. The predicted octanol–water partition coefficient (Wildman–Crippen LogP) is 4.47. The SMILES string of the molecule is CC(CNc1ccccc1)Oc1cc(Br)ccc1F. The van der Waals surface area contributed by atoms with Crippen LogP contribution in [0.1, 0.15) is 6.92 Å². The molecule has 1 atom stereocenters. The molecule has 4 heteroatoms. The molecule has 0 amide bonds. The van der Waals surface area contributed by atoms with Crippen LogP contribution in [0.15, 0.2) is 53.0 Å². The van der Waals surface area contributed by atoms with E-state index in [0.29, 0.717) is 6.54 Å². The highest BCUT2D eigenvalue weighted by Crippen LogP contribution is 2.23. The van der Waals surface area contributed by atoms with Gasteiger partial charge in [-0.15, -0.1) is 0 Å². The molecule has 2 aromatic carbocycles. The van der Waals surface area contributed by atoms with E-state index in [2.05, 4.69) is 21.2 Å². The van der Waals surface area contributed by atoms with E-state index in [1.807, 2.05) is 37.3 Å². The normalized spacial score (nSPS) is 11.9. The van der Waals surface area contributed by atoms with Crippen molar-refractivity contribution >= 4 is 21.6 Å². The molecule has 0 heterocycles. The van der Waals surface area contributed by atoms with E-state index in [1.165, 1.54) is 6.07 Å². The Kier molecular flexibility index (Phi) is 4.80. The van der Waals surface area contributed by atoms with Gasteiger partial charge in [0.2, 0.25) is 0 Å². The summed E-state index contributed by atoms with van der Waals surface area (Å²) in [6.07, 6.45) is -0.135. The molecule has 1 N–H and O–H groups in total. The Labute approximate surface area is 120 Å². The minimum atomic E-state index is -0.352. The van der Waals surface area contributed by atoms with Gasteiger partial charge in [0.05, 0.1) is 6.54 Å². The molecule has 0 radical (unpaired) electrons. The van der Waals surface area contributed by atoms with Crippen molar-refractivity contribution in [3.8, 4) is 5.75 Å². The van der Waals surface area contributed by atoms with E-state index in [9.17, 15) is 4.39 Å². The second kappa shape index (κ2) is 6.57. The number of nitrogens with one attached hydrogen (secondary N) is 1. The van der Waals surface area contributed by atoms with Crippen LogP contribution in [0.2, 0.25) is 0 Å². The smallest absolute Gasteiger partial charge is 0.165 e. The number of benzene rings is 2. The lowest BCUT2D eigenvalue weighted by atomic mass is 10.3. The molecule has 0 aliphatic rings. The zero-order chi connectivity index (χ0) is 13.7. The van der Waals surface area contributed by atoms with E-state index >= 15 is 0 Å². The zero-order valence-electron chi connectivity index (χ0n) is 10.6. The first-order valence-electron chi connectivity index (χ1n) is 6.06. The van der Waals surface area contributed by atoms with Gasteiger partial charge in [-0.25, -0.2) is 4.39 Å². The van der Waals surface area contributed by atoms with Gasteiger partial charge in [0.15, 0.2) is 11.6 Å². The van der Waals surface area contributed by atoms with Gasteiger partial charge in [-0.2, -0.15) is 0 Å². The molecule has 0 saturated carbocycles. The first-order chi connectivity index (χ1) is 9.15. The van der Waals surface area contributed by atoms with Crippen molar-refractivity contribution in [3.63, 3.8) is 0 Å². The molecule has 0 fully saturated rings. The quantitative estimate of drug-likeness (QED) is 0.876. The monoisotopic (exact) mass is 323 g/mol. The number of para-hydroxylation sites is 1. The fraction of sp³-hybridized carbons (Fsp3) is 0.200.